The molecule has 1 saturated heterocycles. The van der Waals surface area contributed by atoms with E-state index in [0.29, 0.717) is 12.1 Å². The molecule has 6 nitrogen and oxygen atoms in total. The van der Waals surface area contributed by atoms with Crippen LogP contribution in [0.2, 0.25) is 0 Å². The van der Waals surface area contributed by atoms with Crippen molar-refractivity contribution in [2.24, 2.45) is 0 Å². The highest BCUT2D eigenvalue weighted by Gasteiger charge is 2.25. The summed E-state index contributed by atoms with van der Waals surface area (Å²) in [5.74, 6) is 0.0757. The van der Waals surface area contributed by atoms with Gasteiger partial charge in [-0.3, -0.25) is 9.69 Å². The summed E-state index contributed by atoms with van der Waals surface area (Å²) in [5, 5.41) is 7.44. The van der Waals surface area contributed by atoms with E-state index < -0.39 is 0 Å². The molecule has 1 amide bonds. The summed E-state index contributed by atoms with van der Waals surface area (Å²) < 4.78 is 1.89. The second kappa shape index (κ2) is 8.84. The molecule has 32 heavy (non-hydrogen) atoms. The Labute approximate surface area is 192 Å². The van der Waals surface area contributed by atoms with Gasteiger partial charge in [0.05, 0.1) is 23.7 Å². The molecule has 0 radical (unpaired) electrons. The smallest absolute Gasteiger partial charge is 0.254 e. The van der Waals surface area contributed by atoms with Crippen molar-refractivity contribution in [1.29, 1.82) is 0 Å². The van der Waals surface area contributed by atoms with Crippen molar-refractivity contribution in [3.8, 4) is 0 Å². The molecule has 0 N–H and O–H groups in total. The van der Waals surface area contributed by atoms with E-state index in [0.717, 1.165) is 49.5 Å². The molecule has 0 aliphatic carbocycles. The Balaban J connectivity index is 1.32. The van der Waals surface area contributed by atoms with Crippen LogP contribution in [0.25, 0.3) is 11.0 Å². The van der Waals surface area contributed by atoms with Crippen LogP contribution in [0.15, 0.2) is 54.0 Å². The summed E-state index contributed by atoms with van der Waals surface area (Å²) in [6, 6.07) is 14.6. The van der Waals surface area contributed by atoms with E-state index in [-0.39, 0.29) is 5.91 Å². The number of aryl methyl sites for hydroxylation is 2. The molecular formula is C25H27N5OS. The molecule has 1 fully saturated rings. The first-order valence-corrected chi connectivity index (χ1v) is 11.9. The van der Waals surface area contributed by atoms with Gasteiger partial charge in [-0.1, -0.05) is 30.3 Å². The number of amides is 1. The number of benzene rings is 1. The van der Waals surface area contributed by atoms with Crippen molar-refractivity contribution in [3.05, 3.63) is 81.3 Å². The van der Waals surface area contributed by atoms with Gasteiger partial charge in [-0.05, 0) is 42.5 Å². The van der Waals surface area contributed by atoms with Crippen LogP contribution in [0.3, 0.4) is 0 Å². The van der Waals surface area contributed by atoms with Crippen molar-refractivity contribution in [2.45, 2.75) is 26.9 Å². The SMILES string of the molecule is Cc1cc(C(=O)N2CCN(Cc3ccccc3C)CC2)c2cnn(Cc3cccs3)c2n1. The lowest BCUT2D eigenvalue weighted by Crippen LogP contribution is -2.48. The van der Waals surface area contributed by atoms with E-state index in [1.807, 2.05) is 28.6 Å². The van der Waals surface area contributed by atoms with Gasteiger partial charge < -0.3 is 4.90 Å². The van der Waals surface area contributed by atoms with Crippen LogP contribution < -0.4 is 0 Å². The molecule has 7 heteroatoms. The van der Waals surface area contributed by atoms with E-state index in [9.17, 15) is 4.79 Å². The maximum Gasteiger partial charge on any atom is 0.254 e. The number of carbonyl (C=O) groups is 1. The first kappa shape index (κ1) is 20.8. The number of aromatic nitrogens is 3. The number of piperazine rings is 1. The van der Waals surface area contributed by atoms with Crippen LogP contribution in [0.5, 0.6) is 0 Å². The summed E-state index contributed by atoms with van der Waals surface area (Å²) in [5.41, 5.74) is 5.00. The van der Waals surface area contributed by atoms with Crippen molar-refractivity contribution in [1.82, 2.24) is 24.6 Å². The molecule has 3 aromatic heterocycles. The zero-order chi connectivity index (χ0) is 22.1. The standard InChI is InChI=1S/C25H27N5OS/c1-18-6-3-4-7-20(18)16-28-9-11-29(12-10-28)25(31)22-14-19(2)27-24-23(22)15-26-30(24)17-21-8-5-13-32-21/h3-8,13-15H,9-12,16-17H2,1-2H3. The van der Waals surface area contributed by atoms with Gasteiger partial charge in [-0.2, -0.15) is 5.10 Å². The number of pyridine rings is 1. The molecule has 0 spiro atoms. The minimum absolute atomic E-state index is 0.0757. The summed E-state index contributed by atoms with van der Waals surface area (Å²) >= 11 is 1.70. The fourth-order valence-corrected chi connectivity index (χ4v) is 5.01. The number of hydrogen-bond acceptors (Lipinski definition) is 5. The largest absolute Gasteiger partial charge is 0.336 e. The summed E-state index contributed by atoms with van der Waals surface area (Å²) in [6.07, 6.45) is 1.79. The van der Waals surface area contributed by atoms with E-state index in [1.165, 1.54) is 16.0 Å². The van der Waals surface area contributed by atoms with E-state index in [2.05, 4.69) is 52.6 Å². The average Bonchev–Trinajstić information content (AvgIpc) is 3.46. The number of carbonyl (C=O) groups excluding carboxylic acids is 1. The molecule has 164 valence electrons. The maximum atomic E-state index is 13.5. The third-order valence-corrected chi connectivity index (χ3v) is 7.03. The van der Waals surface area contributed by atoms with Gasteiger partial charge in [0.2, 0.25) is 0 Å². The van der Waals surface area contributed by atoms with Gasteiger partial charge in [-0.15, -0.1) is 11.3 Å². The molecule has 4 heterocycles. The van der Waals surface area contributed by atoms with Crippen molar-refractivity contribution < 1.29 is 4.79 Å². The Bertz CT molecular complexity index is 1240. The third-order valence-electron chi connectivity index (χ3n) is 6.17. The molecule has 0 bridgehead atoms. The van der Waals surface area contributed by atoms with Gasteiger partial charge in [0.1, 0.15) is 0 Å². The summed E-state index contributed by atoms with van der Waals surface area (Å²) in [6.45, 7) is 8.93. The fraction of sp³-hybridized carbons (Fsp3) is 0.320. The van der Waals surface area contributed by atoms with E-state index in [4.69, 9.17) is 4.98 Å². The van der Waals surface area contributed by atoms with Gasteiger partial charge in [0.25, 0.3) is 5.91 Å². The minimum Gasteiger partial charge on any atom is -0.336 e. The van der Waals surface area contributed by atoms with E-state index >= 15 is 0 Å². The number of rotatable bonds is 5. The number of nitrogens with zero attached hydrogens (tertiary/aromatic N) is 5. The van der Waals surface area contributed by atoms with Crippen LogP contribution in [0.1, 0.15) is 32.1 Å². The second-order valence-electron chi connectivity index (χ2n) is 8.42. The lowest BCUT2D eigenvalue weighted by molar-refractivity contribution is 0.0630. The topological polar surface area (TPSA) is 54.3 Å². The Hall–Kier alpha value is -3.03. The second-order valence-corrected chi connectivity index (χ2v) is 9.46. The Morgan fingerprint density at radius 2 is 1.84 bits per heavy atom. The van der Waals surface area contributed by atoms with Crippen molar-refractivity contribution in [3.63, 3.8) is 0 Å². The number of thiophene rings is 1. The lowest BCUT2D eigenvalue weighted by atomic mass is 10.1. The molecule has 1 aromatic carbocycles. The normalized spacial score (nSPS) is 14.9. The monoisotopic (exact) mass is 445 g/mol. The first-order chi connectivity index (χ1) is 15.6. The highest BCUT2D eigenvalue weighted by molar-refractivity contribution is 7.09. The number of hydrogen-bond donors (Lipinski definition) is 0. The van der Waals surface area contributed by atoms with Crippen LogP contribution >= 0.6 is 11.3 Å². The van der Waals surface area contributed by atoms with Gasteiger partial charge >= 0.3 is 0 Å². The quantitative estimate of drug-likeness (QED) is 0.464. The van der Waals surface area contributed by atoms with Crippen molar-refractivity contribution in [2.75, 3.05) is 26.2 Å². The molecule has 5 rings (SSSR count). The van der Waals surface area contributed by atoms with Gasteiger partial charge in [0, 0.05) is 43.3 Å². The van der Waals surface area contributed by atoms with Crippen LogP contribution in [0.4, 0.5) is 0 Å². The molecule has 4 aromatic rings. The molecular weight excluding hydrogens is 418 g/mol. The van der Waals surface area contributed by atoms with Crippen LogP contribution in [-0.2, 0) is 13.1 Å². The molecule has 0 saturated carbocycles. The fourth-order valence-electron chi connectivity index (χ4n) is 4.32. The van der Waals surface area contributed by atoms with Gasteiger partial charge in [0.15, 0.2) is 5.65 Å². The highest BCUT2D eigenvalue weighted by Crippen LogP contribution is 2.23. The summed E-state index contributed by atoms with van der Waals surface area (Å²) in [4.78, 5) is 23.8. The zero-order valence-electron chi connectivity index (χ0n) is 18.5. The zero-order valence-corrected chi connectivity index (χ0v) is 19.3. The van der Waals surface area contributed by atoms with Crippen LogP contribution in [0, 0.1) is 13.8 Å². The summed E-state index contributed by atoms with van der Waals surface area (Å²) in [7, 11) is 0. The third kappa shape index (κ3) is 4.18. The number of fused-ring (bicyclic) bond motifs is 1. The van der Waals surface area contributed by atoms with E-state index in [1.54, 1.807) is 17.5 Å². The van der Waals surface area contributed by atoms with Gasteiger partial charge in [-0.25, -0.2) is 9.67 Å². The predicted molar refractivity (Wildman–Crippen MR) is 128 cm³/mol. The Kier molecular flexibility index (Phi) is 5.76. The molecule has 0 atom stereocenters. The molecule has 1 aliphatic heterocycles. The molecule has 0 unspecified atom stereocenters. The minimum atomic E-state index is 0.0757. The molecule has 1 aliphatic rings. The Morgan fingerprint density at radius 1 is 1.03 bits per heavy atom. The highest BCUT2D eigenvalue weighted by atomic mass is 32.1. The lowest BCUT2D eigenvalue weighted by Gasteiger charge is -2.35. The first-order valence-electron chi connectivity index (χ1n) is 11.0. The Morgan fingerprint density at radius 3 is 2.59 bits per heavy atom. The average molecular weight is 446 g/mol. The van der Waals surface area contributed by atoms with Crippen LogP contribution in [-0.4, -0.2) is 56.7 Å². The van der Waals surface area contributed by atoms with Crippen molar-refractivity contribution >= 4 is 28.3 Å². The maximum absolute atomic E-state index is 13.5. The predicted octanol–water partition coefficient (Wildman–Crippen LogP) is 4.12.